The molecule has 1 aromatic heterocycles. The maximum absolute atomic E-state index is 12.1. The Labute approximate surface area is 140 Å². The first-order chi connectivity index (χ1) is 11.1. The Kier molecular flexibility index (Phi) is 4.83. The molecule has 3 rings (SSSR count). The van der Waals surface area contributed by atoms with E-state index in [4.69, 9.17) is 11.6 Å². The standard InChI is InChI=1S/C16H20ClN5O/c1-20-7-6-18-16(20)22-10-8-21(9-11-22)12-15(23)19-14-4-2-13(17)3-5-14/h2-7H,8-12H2,1H3,(H,19,23). The van der Waals surface area contributed by atoms with Crippen LogP contribution in [0.1, 0.15) is 0 Å². The van der Waals surface area contributed by atoms with E-state index in [1.165, 1.54) is 0 Å². The third kappa shape index (κ3) is 4.03. The highest BCUT2D eigenvalue weighted by Gasteiger charge is 2.21. The maximum Gasteiger partial charge on any atom is 0.238 e. The van der Waals surface area contributed by atoms with Crippen LogP contribution in [0.4, 0.5) is 11.6 Å². The van der Waals surface area contributed by atoms with Crippen molar-refractivity contribution in [1.82, 2.24) is 14.5 Å². The van der Waals surface area contributed by atoms with Crippen molar-refractivity contribution in [1.29, 1.82) is 0 Å². The minimum absolute atomic E-state index is 0.00207. The fraction of sp³-hybridized carbons (Fsp3) is 0.375. The van der Waals surface area contributed by atoms with Crippen LogP contribution in [-0.4, -0.2) is 53.1 Å². The summed E-state index contributed by atoms with van der Waals surface area (Å²) in [6.45, 7) is 3.84. The van der Waals surface area contributed by atoms with Crippen molar-refractivity contribution < 1.29 is 4.79 Å². The molecule has 0 aliphatic carbocycles. The van der Waals surface area contributed by atoms with Crippen molar-refractivity contribution in [2.24, 2.45) is 7.05 Å². The fourth-order valence-electron chi connectivity index (χ4n) is 2.71. The summed E-state index contributed by atoms with van der Waals surface area (Å²) in [5.74, 6) is 0.980. The Bertz CT molecular complexity index is 661. The van der Waals surface area contributed by atoms with Gasteiger partial charge >= 0.3 is 0 Å². The van der Waals surface area contributed by atoms with E-state index in [1.807, 2.05) is 17.8 Å². The monoisotopic (exact) mass is 333 g/mol. The maximum atomic E-state index is 12.1. The van der Waals surface area contributed by atoms with Gasteiger partial charge in [-0.3, -0.25) is 9.69 Å². The van der Waals surface area contributed by atoms with Gasteiger partial charge in [0, 0.05) is 56.3 Å². The topological polar surface area (TPSA) is 53.4 Å². The second-order valence-corrected chi connectivity index (χ2v) is 6.09. The second kappa shape index (κ2) is 7.02. The number of anilines is 2. The van der Waals surface area contributed by atoms with Gasteiger partial charge < -0.3 is 14.8 Å². The number of hydrogen-bond acceptors (Lipinski definition) is 4. The highest BCUT2D eigenvalue weighted by Crippen LogP contribution is 2.14. The minimum atomic E-state index is -0.00207. The number of imidazole rings is 1. The summed E-state index contributed by atoms with van der Waals surface area (Å²) < 4.78 is 2.02. The van der Waals surface area contributed by atoms with E-state index in [0.717, 1.165) is 37.8 Å². The van der Waals surface area contributed by atoms with Crippen LogP contribution < -0.4 is 10.2 Å². The third-order valence-corrected chi connectivity index (χ3v) is 4.20. The number of hydrogen-bond donors (Lipinski definition) is 1. The van der Waals surface area contributed by atoms with Crippen molar-refractivity contribution in [3.63, 3.8) is 0 Å². The molecule has 1 amide bonds. The zero-order chi connectivity index (χ0) is 16.2. The summed E-state index contributed by atoms with van der Waals surface area (Å²) in [5, 5.41) is 3.56. The molecule has 1 aromatic carbocycles. The van der Waals surface area contributed by atoms with Gasteiger partial charge in [0.1, 0.15) is 0 Å². The van der Waals surface area contributed by atoms with Gasteiger partial charge in [-0.1, -0.05) is 11.6 Å². The molecule has 23 heavy (non-hydrogen) atoms. The summed E-state index contributed by atoms with van der Waals surface area (Å²) in [6, 6.07) is 7.14. The van der Waals surface area contributed by atoms with Gasteiger partial charge in [0.15, 0.2) is 0 Å². The highest BCUT2D eigenvalue weighted by atomic mass is 35.5. The lowest BCUT2D eigenvalue weighted by molar-refractivity contribution is -0.117. The van der Waals surface area contributed by atoms with Gasteiger partial charge in [0.05, 0.1) is 6.54 Å². The molecular weight excluding hydrogens is 314 g/mol. The minimum Gasteiger partial charge on any atom is -0.340 e. The van der Waals surface area contributed by atoms with Gasteiger partial charge in [0.2, 0.25) is 11.9 Å². The van der Waals surface area contributed by atoms with Crippen LogP contribution >= 0.6 is 11.6 Å². The summed E-state index contributed by atoms with van der Waals surface area (Å²) in [7, 11) is 1.99. The third-order valence-electron chi connectivity index (χ3n) is 3.95. The molecule has 2 aromatic rings. The van der Waals surface area contributed by atoms with Crippen LogP contribution in [0.2, 0.25) is 5.02 Å². The molecule has 0 spiro atoms. The number of carbonyl (C=O) groups excluding carboxylic acids is 1. The SMILES string of the molecule is Cn1ccnc1N1CCN(CC(=O)Nc2ccc(Cl)cc2)CC1. The van der Waals surface area contributed by atoms with Crippen LogP contribution in [0.3, 0.4) is 0 Å². The molecule has 2 heterocycles. The first-order valence-electron chi connectivity index (χ1n) is 7.62. The predicted octanol–water partition coefficient (Wildman–Crippen LogP) is 1.83. The summed E-state index contributed by atoms with van der Waals surface area (Å²) in [5.41, 5.74) is 0.769. The second-order valence-electron chi connectivity index (χ2n) is 5.66. The van der Waals surface area contributed by atoms with Crippen molar-refractivity contribution >= 4 is 29.1 Å². The Morgan fingerprint density at radius 3 is 2.52 bits per heavy atom. The Morgan fingerprint density at radius 2 is 1.91 bits per heavy atom. The molecule has 0 radical (unpaired) electrons. The number of carbonyl (C=O) groups is 1. The number of nitrogens with zero attached hydrogens (tertiary/aromatic N) is 4. The molecule has 1 aliphatic heterocycles. The summed E-state index contributed by atoms with van der Waals surface area (Å²) >= 11 is 5.84. The normalized spacial score (nSPS) is 15.7. The van der Waals surface area contributed by atoms with E-state index >= 15 is 0 Å². The number of aromatic nitrogens is 2. The fourth-order valence-corrected chi connectivity index (χ4v) is 2.83. The quantitative estimate of drug-likeness (QED) is 0.927. The van der Waals surface area contributed by atoms with Gasteiger partial charge in [0.25, 0.3) is 0 Å². The van der Waals surface area contributed by atoms with Crippen LogP contribution in [0, 0.1) is 0 Å². The van der Waals surface area contributed by atoms with Gasteiger partial charge in [-0.2, -0.15) is 0 Å². The van der Waals surface area contributed by atoms with E-state index in [-0.39, 0.29) is 5.91 Å². The molecule has 1 saturated heterocycles. The molecule has 7 heteroatoms. The van der Waals surface area contributed by atoms with Crippen LogP contribution in [-0.2, 0) is 11.8 Å². The number of aryl methyl sites for hydroxylation is 1. The van der Waals surface area contributed by atoms with Crippen molar-refractivity contribution in [3.05, 3.63) is 41.7 Å². The smallest absolute Gasteiger partial charge is 0.238 e. The van der Waals surface area contributed by atoms with Crippen molar-refractivity contribution in [2.75, 3.05) is 42.9 Å². The number of benzene rings is 1. The van der Waals surface area contributed by atoms with Crippen LogP contribution in [0.5, 0.6) is 0 Å². The number of halogens is 1. The average molecular weight is 334 g/mol. The Morgan fingerprint density at radius 1 is 1.22 bits per heavy atom. The number of piperazine rings is 1. The van der Waals surface area contributed by atoms with E-state index in [0.29, 0.717) is 11.6 Å². The summed E-state index contributed by atoms with van der Waals surface area (Å²) in [4.78, 5) is 20.9. The van der Waals surface area contributed by atoms with E-state index in [9.17, 15) is 4.79 Å². The molecule has 1 fully saturated rings. The lowest BCUT2D eigenvalue weighted by Crippen LogP contribution is -2.49. The molecule has 6 nitrogen and oxygen atoms in total. The molecule has 1 N–H and O–H groups in total. The van der Waals surface area contributed by atoms with Gasteiger partial charge in [-0.05, 0) is 24.3 Å². The lowest BCUT2D eigenvalue weighted by atomic mass is 10.3. The Hall–Kier alpha value is -2.05. The summed E-state index contributed by atoms with van der Waals surface area (Å²) in [6.07, 6.45) is 3.75. The van der Waals surface area contributed by atoms with E-state index < -0.39 is 0 Å². The predicted molar refractivity (Wildman–Crippen MR) is 91.9 cm³/mol. The van der Waals surface area contributed by atoms with Crippen molar-refractivity contribution in [2.45, 2.75) is 0 Å². The van der Waals surface area contributed by atoms with Crippen LogP contribution in [0.25, 0.3) is 0 Å². The molecule has 0 bridgehead atoms. The molecule has 0 atom stereocenters. The number of rotatable bonds is 4. The van der Waals surface area contributed by atoms with E-state index in [2.05, 4.69) is 20.1 Å². The lowest BCUT2D eigenvalue weighted by Gasteiger charge is -2.34. The molecule has 0 unspecified atom stereocenters. The zero-order valence-electron chi connectivity index (χ0n) is 13.1. The van der Waals surface area contributed by atoms with Crippen molar-refractivity contribution in [3.8, 4) is 0 Å². The molecule has 0 saturated carbocycles. The number of nitrogens with one attached hydrogen (secondary N) is 1. The molecule has 122 valence electrons. The van der Waals surface area contributed by atoms with E-state index in [1.54, 1.807) is 30.5 Å². The molecular formula is C16H20ClN5O. The first-order valence-corrected chi connectivity index (χ1v) is 7.99. The highest BCUT2D eigenvalue weighted by molar-refractivity contribution is 6.30. The zero-order valence-corrected chi connectivity index (χ0v) is 13.8. The largest absolute Gasteiger partial charge is 0.340 e. The average Bonchev–Trinajstić information content (AvgIpc) is 2.96. The first kappa shape index (κ1) is 15.8. The van der Waals surface area contributed by atoms with Gasteiger partial charge in [-0.25, -0.2) is 4.98 Å². The number of amides is 1. The molecule has 1 aliphatic rings. The van der Waals surface area contributed by atoms with Crippen LogP contribution in [0.15, 0.2) is 36.7 Å². The Balaban J connectivity index is 1.47. The van der Waals surface area contributed by atoms with Gasteiger partial charge in [-0.15, -0.1) is 0 Å².